The van der Waals surface area contributed by atoms with Crippen molar-refractivity contribution in [1.29, 1.82) is 0 Å². The van der Waals surface area contributed by atoms with Crippen LogP contribution in [0, 0.1) is 0 Å². The standard InChI is InChI=1S/C55H95O12P/c1-3-5-7-9-11-13-15-17-19-21-23-25-26-28-30-32-34-36-38-40-42-44-49(56)66-48(47-65-68(62,63)67-55-53(60)51(58)50(57)52(59)54(55)61)46-64-45-43-41-39-37-35-33-31-29-27-24-22-20-18-16-14-12-10-8-6-4-2/h6,8,12,14-15,17-18,20-21,23-24,27,31,33,48,50-55,57-61H,3-5,7,9-11,13,16,19,22,25-26,28-30,32,34-47H2,1-2H3,(H,62,63)/b8-6-,14-12-,17-15-,20-18-,23-21-,27-24-,33-31-. The summed E-state index contributed by atoms with van der Waals surface area (Å²) in [6, 6.07) is 0. The SMILES string of the molecule is CC/C=C\C/C=C\C/C=C\C/C=C\C/C=C\CCCCCCOCC(COP(=O)(O)OC1C(O)C(O)C(O)C(O)C1O)OC(=O)CCCCCCCCCCC/C=C\C/C=C\CCCCCCC. The summed E-state index contributed by atoms with van der Waals surface area (Å²) < 4.78 is 34.3. The van der Waals surface area contributed by atoms with Crippen molar-refractivity contribution in [3.63, 3.8) is 0 Å². The summed E-state index contributed by atoms with van der Waals surface area (Å²) in [5.74, 6) is -0.493. The first kappa shape index (κ1) is 63.5. The van der Waals surface area contributed by atoms with Crippen LogP contribution in [-0.4, -0.2) is 98.9 Å². The first-order valence-corrected chi connectivity index (χ1v) is 27.9. The Hall–Kier alpha value is -2.48. The monoisotopic (exact) mass is 979 g/mol. The van der Waals surface area contributed by atoms with Gasteiger partial charge in [-0.15, -0.1) is 0 Å². The summed E-state index contributed by atoms with van der Waals surface area (Å²) in [5, 5.41) is 50.3. The first-order chi connectivity index (χ1) is 33.0. The van der Waals surface area contributed by atoms with E-state index >= 15 is 0 Å². The van der Waals surface area contributed by atoms with Crippen LogP contribution in [0.25, 0.3) is 0 Å². The zero-order valence-corrected chi connectivity index (χ0v) is 43.0. The Balaban J connectivity index is 2.37. The third kappa shape index (κ3) is 35.6. The number of allylic oxidation sites excluding steroid dienone is 14. The van der Waals surface area contributed by atoms with Gasteiger partial charge >= 0.3 is 13.8 Å². The van der Waals surface area contributed by atoms with Gasteiger partial charge in [0.25, 0.3) is 0 Å². The summed E-state index contributed by atoms with van der Waals surface area (Å²) in [5.41, 5.74) is 0. The molecule has 0 aromatic carbocycles. The molecule has 0 aromatic rings. The van der Waals surface area contributed by atoms with Gasteiger partial charge in [0.1, 0.15) is 42.7 Å². The number of rotatable bonds is 44. The fourth-order valence-corrected chi connectivity index (χ4v) is 8.56. The van der Waals surface area contributed by atoms with E-state index in [-0.39, 0.29) is 13.0 Å². The lowest BCUT2D eigenvalue weighted by Crippen LogP contribution is -2.64. The average molecular weight is 979 g/mol. The van der Waals surface area contributed by atoms with Crippen LogP contribution >= 0.6 is 7.82 Å². The number of carbonyl (C=O) groups excluding carboxylic acids is 1. The van der Waals surface area contributed by atoms with E-state index in [1.54, 1.807) is 0 Å². The highest BCUT2D eigenvalue weighted by Crippen LogP contribution is 2.47. The maximum atomic E-state index is 12.9. The molecule has 1 aliphatic rings. The highest BCUT2D eigenvalue weighted by atomic mass is 31.2. The van der Waals surface area contributed by atoms with E-state index in [9.17, 15) is 39.8 Å². The predicted molar refractivity (Wildman–Crippen MR) is 276 cm³/mol. The van der Waals surface area contributed by atoms with E-state index in [0.717, 1.165) is 96.3 Å². The van der Waals surface area contributed by atoms with Gasteiger partial charge in [0, 0.05) is 13.0 Å². The lowest BCUT2D eigenvalue weighted by Gasteiger charge is -2.41. The van der Waals surface area contributed by atoms with Crippen molar-refractivity contribution in [2.24, 2.45) is 0 Å². The van der Waals surface area contributed by atoms with Crippen LogP contribution in [0.4, 0.5) is 0 Å². The van der Waals surface area contributed by atoms with Crippen LogP contribution < -0.4 is 0 Å². The molecule has 1 saturated carbocycles. The molecule has 0 saturated heterocycles. The number of unbranched alkanes of at least 4 members (excludes halogenated alkanes) is 18. The number of ether oxygens (including phenoxy) is 2. The van der Waals surface area contributed by atoms with Crippen molar-refractivity contribution in [2.75, 3.05) is 19.8 Å². The van der Waals surface area contributed by atoms with Crippen LogP contribution in [0.15, 0.2) is 85.1 Å². The summed E-state index contributed by atoms with van der Waals surface area (Å²) in [6.07, 6.45) is 47.8. The number of hydrogen-bond acceptors (Lipinski definition) is 11. The van der Waals surface area contributed by atoms with Gasteiger partial charge in [-0.3, -0.25) is 13.8 Å². The highest BCUT2D eigenvalue weighted by molar-refractivity contribution is 7.47. The van der Waals surface area contributed by atoms with Gasteiger partial charge in [0.2, 0.25) is 0 Å². The van der Waals surface area contributed by atoms with Gasteiger partial charge in [0.15, 0.2) is 0 Å². The minimum atomic E-state index is -5.04. The molecule has 1 fully saturated rings. The Labute approximate surface area is 412 Å². The van der Waals surface area contributed by atoms with Crippen molar-refractivity contribution >= 4 is 13.8 Å². The summed E-state index contributed by atoms with van der Waals surface area (Å²) in [6.45, 7) is 4.08. The van der Waals surface area contributed by atoms with Crippen molar-refractivity contribution in [3.8, 4) is 0 Å². The van der Waals surface area contributed by atoms with Crippen molar-refractivity contribution in [2.45, 2.75) is 236 Å². The molecule has 6 N–H and O–H groups in total. The third-order valence-corrected chi connectivity index (χ3v) is 12.7. The molecule has 6 unspecified atom stereocenters. The molecular formula is C55H95O12P. The highest BCUT2D eigenvalue weighted by Gasteiger charge is 2.51. The predicted octanol–water partition coefficient (Wildman–Crippen LogP) is 12.1. The minimum Gasteiger partial charge on any atom is -0.457 e. The Morgan fingerprint density at radius 1 is 0.485 bits per heavy atom. The van der Waals surface area contributed by atoms with E-state index in [4.69, 9.17) is 18.5 Å². The maximum absolute atomic E-state index is 12.9. The summed E-state index contributed by atoms with van der Waals surface area (Å²) in [4.78, 5) is 23.3. The fourth-order valence-electron chi connectivity index (χ4n) is 7.59. The summed E-state index contributed by atoms with van der Waals surface area (Å²) >= 11 is 0. The van der Waals surface area contributed by atoms with Crippen LogP contribution in [0.3, 0.4) is 0 Å². The number of phosphoric acid groups is 1. The lowest BCUT2D eigenvalue weighted by atomic mass is 9.85. The van der Waals surface area contributed by atoms with E-state index in [1.807, 2.05) is 0 Å². The van der Waals surface area contributed by atoms with E-state index in [1.165, 1.54) is 70.6 Å². The molecule has 1 rings (SSSR count). The Morgan fingerprint density at radius 2 is 0.868 bits per heavy atom. The van der Waals surface area contributed by atoms with Gasteiger partial charge in [-0.2, -0.15) is 0 Å². The average Bonchev–Trinajstić information content (AvgIpc) is 3.32. The molecule has 0 amide bonds. The second kappa shape index (κ2) is 44.5. The number of esters is 1. The number of carbonyl (C=O) groups is 1. The van der Waals surface area contributed by atoms with Crippen molar-refractivity contribution < 1.29 is 58.3 Å². The molecule has 0 aromatic heterocycles. The van der Waals surface area contributed by atoms with Gasteiger partial charge in [-0.05, 0) is 89.9 Å². The van der Waals surface area contributed by atoms with Crippen LogP contribution in [0.2, 0.25) is 0 Å². The van der Waals surface area contributed by atoms with Gasteiger partial charge in [-0.1, -0.05) is 182 Å². The molecule has 6 atom stereocenters. The Bertz CT molecular complexity index is 1440. The number of aliphatic hydroxyl groups excluding tert-OH is 5. The van der Waals surface area contributed by atoms with Gasteiger partial charge in [-0.25, -0.2) is 4.57 Å². The zero-order chi connectivity index (χ0) is 49.8. The molecule has 0 aliphatic heterocycles. The van der Waals surface area contributed by atoms with Crippen LogP contribution in [0.1, 0.15) is 194 Å². The zero-order valence-electron chi connectivity index (χ0n) is 42.1. The van der Waals surface area contributed by atoms with E-state index < -0.39 is 63.1 Å². The van der Waals surface area contributed by atoms with Crippen molar-refractivity contribution in [1.82, 2.24) is 0 Å². The normalized spacial score (nSPS) is 21.8. The largest absolute Gasteiger partial charge is 0.472 e. The molecule has 13 heteroatoms. The molecule has 0 radical (unpaired) electrons. The molecule has 392 valence electrons. The second-order valence-corrected chi connectivity index (χ2v) is 19.4. The minimum absolute atomic E-state index is 0.100. The van der Waals surface area contributed by atoms with E-state index in [2.05, 4.69) is 98.9 Å². The number of aliphatic hydroxyl groups is 5. The quantitative estimate of drug-likeness (QED) is 0.0147. The van der Waals surface area contributed by atoms with Gasteiger partial charge < -0.3 is 39.9 Å². The molecule has 0 spiro atoms. The fraction of sp³-hybridized carbons (Fsp3) is 0.727. The second-order valence-electron chi connectivity index (χ2n) is 18.0. The topological polar surface area (TPSA) is 192 Å². The van der Waals surface area contributed by atoms with Crippen LogP contribution in [-0.2, 0) is 27.9 Å². The Morgan fingerprint density at radius 3 is 1.32 bits per heavy atom. The molecule has 12 nitrogen and oxygen atoms in total. The maximum Gasteiger partial charge on any atom is 0.472 e. The first-order valence-electron chi connectivity index (χ1n) is 26.4. The molecule has 1 aliphatic carbocycles. The lowest BCUT2D eigenvalue weighted by molar-refractivity contribution is -0.220. The molecule has 0 heterocycles. The summed E-state index contributed by atoms with van der Waals surface area (Å²) in [7, 11) is -5.04. The molecular weight excluding hydrogens is 884 g/mol. The molecule has 0 bridgehead atoms. The number of hydrogen-bond donors (Lipinski definition) is 6. The smallest absolute Gasteiger partial charge is 0.457 e. The number of phosphoric ester groups is 1. The van der Waals surface area contributed by atoms with Gasteiger partial charge in [0.05, 0.1) is 13.2 Å². The van der Waals surface area contributed by atoms with Crippen LogP contribution in [0.5, 0.6) is 0 Å². The van der Waals surface area contributed by atoms with Crippen molar-refractivity contribution in [3.05, 3.63) is 85.1 Å². The molecule has 68 heavy (non-hydrogen) atoms. The third-order valence-electron chi connectivity index (χ3n) is 11.8. The Kier molecular flexibility index (Phi) is 41.5. The van der Waals surface area contributed by atoms with E-state index in [0.29, 0.717) is 13.0 Å².